The van der Waals surface area contributed by atoms with Crippen LogP contribution in [-0.2, 0) is 20.7 Å². The third-order valence-electron chi connectivity index (χ3n) is 4.40. The van der Waals surface area contributed by atoms with Crippen LogP contribution in [0.25, 0.3) is 0 Å². The monoisotopic (exact) mass is 447 g/mol. The largest absolute Gasteiger partial charge is 0.462 e. The number of aromatic nitrogens is 2. The molecule has 3 N–H and O–H groups in total. The molecule has 3 rings (SSSR count). The number of carbonyl (C=O) groups is 4. The fourth-order valence-electron chi connectivity index (χ4n) is 2.90. The van der Waals surface area contributed by atoms with Crippen molar-refractivity contribution >= 4 is 41.3 Å². The Morgan fingerprint density at radius 2 is 2.03 bits per heavy atom. The first-order valence-electron chi connectivity index (χ1n) is 9.50. The second kappa shape index (κ2) is 10.1. The number of urea groups is 1. The molecule has 2 unspecified atom stereocenters. The quantitative estimate of drug-likeness (QED) is 0.402. The van der Waals surface area contributed by atoms with Crippen molar-refractivity contribution in [3.05, 3.63) is 35.7 Å². The van der Waals surface area contributed by atoms with E-state index in [1.54, 1.807) is 38.1 Å². The molecule has 11 nitrogen and oxygen atoms in total. The number of imide groups is 1. The van der Waals surface area contributed by atoms with Gasteiger partial charge in [-0.2, -0.15) is 0 Å². The lowest BCUT2D eigenvalue weighted by molar-refractivity contribution is -0.125. The first kappa shape index (κ1) is 22.3. The summed E-state index contributed by atoms with van der Waals surface area (Å²) in [6, 6.07) is 5.63. The van der Waals surface area contributed by atoms with E-state index in [-0.39, 0.29) is 47.4 Å². The number of amides is 4. The normalized spacial score (nSPS) is 18.1. The van der Waals surface area contributed by atoms with Gasteiger partial charge in [0.05, 0.1) is 29.5 Å². The molecule has 1 saturated heterocycles. The van der Waals surface area contributed by atoms with Gasteiger partial charge >= 0.3 is 12.0 Å². The lowest BCUT2D eigenvalue weighted by Gasteiger charge is -2.27. The zero-order valence-electron chi connectivity index (χ0n) is 16.8. The summed E-state index contributed by atoms with van der Waals surface area (Å²) in [6.07, 6.45) is 0.153. The van der Waals surface area contributed by atoms with Gasteiger partial charge in [0, 0.05) is 12.5 Å². The number of rotatable bonds is 8. The fourth-order valence-corrected chi connectivity index (χ4v) is 3.48. The van der Waals surface area contributed by atoms with Crippen LogP contribution in [0.15, 0.2) is 33.9 Å². The van der Waals surface area contributed by atoms with E-state index in [4.69, 9.17) is 9.15 Å². The lowest BCUT2D eigenvalue weighted by Crippen LogP contribution is -2.57. The van der Waals surface area contributed by atoms with Crippen molar-refractivity contribution in [1.29, 1.82) is 0 Å². The predicted octanol–water partition coefficient (Wildman–Crippen LogP) is 1.36. The maximum Gasteiger partial charge on any atom is 0.340 e. The number of nitrogens with zero attached hydrogens (tertiary/aromatic N) is 2. The number of para-hydroxylation sites is 1. The second-order valence-electron chi connectivity index (χ2n) is 6.63. The second-order valence-corrected chi connectivity index (χ2v) is 7.55. The highest BCUT2D eigenvalue weighted by molar-refractivity contribution is 7.99. The van der Waals surface area contributed by atoms with Gasteiger partial charge in [0.25, 0.3) is 5.22 Å². The van der Waals surface area contributed by atoms with E-state index in [2.05, 4.69) is 26.1 Å². The van der Waals surface area contributed by atoms with Gasteiger partial charge in [-0.1, -0.05) is 23.9 Å². The molecule has 2 heterocycles. The molecule has 0 bridgehead atoms. The van der Waals surface area contributed by atoms with Crippen molar-refractivity contribution in [3.63, 3.8) is 0 Å². The number of hydrogen-bond donors (Lipinski definition) is 3. The number of ether oxygens (including phenoxy) is 1. The molecule has 12 heteroatoms. The minimum atomic E-state index is -0.543. The van der Waals surface area contributed by atoms with Crippen molar-refractivity contribution in [2.45, 2.75) is 31.5 Å². The van der Waals surface area contributed by atoms with Crippen LogP contribution in [0.1, 0.15) is 30.1 Å². The summed E-state index contributed by atoms with van der Waals surface area (Å²) in [6.45, 7) is 3.64. The van der Waals surface area contributed by atoms with Crippen molar-refractivity contribution in [1.82, 2.24) is 20.8 Å². The number of esters is 1. The van der Waals surface area contributed by atoms with Crippen molar-refractivity contribution in [2.24, 2.45) is 5.92 Å². The van der Waals surface area contributed by atoms with Crippen molar-refractivity contribution in [2.75, 3.05) is 17.7 Å². The number of thioether (sulfide) groups is 1. The molecular weight excluding hydrogens is 426 g/mol. The molecule has 1 aliphatic heterocycles. The average Bonchev–Trinajstić information content (AvgIpc) is 3.17. The molecule has 0 aliphatic carbocycles. The molecule has 1 aromatic carbocycles. The zero-order chi connectivity index (χ0) is 22.4. The fraction of sp³-hybridized carbons (Fsp3) is 0.368. The zero-order valence-corrected chi connectivity index (χ0v) is 17.7. The SMILES string of the molecule is CCOC(=O)c1ccccc1NC(=O)CSc1nnc(CC2C(=O)NC(=O)NC2C)o1. The van der Waals surface area contributed by atoms with Crippen LogP contribution in [0.3, 0.4) is 0 Å². The van der Waals surface area contributed by atoms with Gasteiger partial charge in [-0.15, -0.1) is 10.2 Å². The summed E-state index contributed by atoms with van der Waals surface area (Å²) < 4.78 is 10.5. The Morgan fingerprint density at radius 1 is 1.26 bits per heavy atom. The molecule has 0 spiro atoms. The van der Waals surface area contributed by atoms with Crippen LogP contribution in [0.5, 0.6) is 0 Å². The summed E-state index contributed by atoms with van der Waals surface area (Å²) in [5.74, 6) is -1.66. The molecule has 4 amide bonds. The maximum absolute atomic E-state index is 12.3. The third-order valence-corrected chi connectivity index (χ3v) is 5.22. The molecule has 1 fully saturated rings. The molecule has 2 aromatic rings. The summed E-state index contributed by atoms with van der Waals surface area (Å²) >= 11 is 1.02. The molecule has 0 saturated carbocycles. The van der Waals surface area contributed by atoms with Gasteiger partial charge in [0.1, 0.15) is 0 Å². The van der Waals surface area contributed by atoms with E-state index in [1.165, 1.54) is 0 Å². The van der Waals surface area contributed by atoms with E-state index >= 15 is 0 Å². The highest BCUT2D eigenvalue weighted by atomic mass is 32.2. The summed E-state index contributed by atoms with van der Waals surface area (Å²) in [5, 5.41) is 15.4. The minimum Gasteiger partial charge on any atom is -0.462 e. The van der Waals surface area contributed by atoms with Crippen LogP contribution in [0.4, 0.5) is 10.5 Å². The summed E-state index contributed by atoms with van der Waals surface area (Å²) in [4.78, 5) is 47.6. The molecular formula is C19H21N5O6S. The Labute approximate surface area is 181 Å². The van der Waals surface area contributed by atoms with Crippen LogP contribution in [-0.4, -0.2) is 52.4 Å². The van der Waals surface area contributed by atoms with Gasteiger partial charge < -0.3 is 19.8 Å². The maximum atomic E-state index is 12.3. The molecule has 1 aliphatic rings. The smallest absolute Gasteiger partial charge is 0.340 e. The predicted molar refractivity (Wildman–Crippen MR) is 109 cm³/mol. The van der Waals surface area contributed by atoms with Crippen LogP contribution in [0.2, 0.25) is 0 Å². The van der Waals surface area contributed by atoms with Crippen molar-refractivity contribution < 1.29 is 28.3 Å². The first-order chi connectivity index (χ1) is 14.9. The number of nitrogens with one attached hydrogen (secondary N) is 3. The molecule has 164 valence electrons. The minimum absolute atomic E-state index is 0.0326. The number of hydrogen-bond acceptors (Lipinski definition) is 9. The highest BCUT2D eigenvalue weighted by Gasteiger charge is 2.34. The first-order valence-corrected chi connectivity index (χ1v) is 10.5. The Morgan fingerprint density at radius 3 is 2.77 bits per heavy atom. The van der Waals surface area contributed by atoms with E-state index in [0.717, 1.165) is 11.8 Å². The summed E-state index contributed by atoms with van der Waals surface area (Å²) in [7, 11) is 0. The number of anilines is 1. The Bertz CT molecular complexity index is 994. The van der Waals surface area contributed by atoms with Gasteiger partial charge in [-0.25, -0.2) is 9.59 Å². The van der Waals surface area contributed by atoms with Gasteiger partial charge in [0.2, 0.25) is 17.7 Å². The lowest BCUT2D eigenvalue weighted by atomic mass is 9.95. The Balaban J connectivity index is 1.54. The summed E-state index contributed by atoms with van der Waals surface area (Å²) in [5.41, 5.74) is 0.604. The van der Waals surface area contributed by atoms with Gasteiger partial charge in [-0.05, 0) is 26.0 Å². The van der Waals surface area contributed by atoms with Crippen LogP contribution < -0.4 is 16.0 Å². The average molecular weight is 447 g/mol. The number of benzene rings is 1. The highest BCUT2D eigenvalue weighted by Crippen LogP contribution is 2.21. The topological polar surface area (TPSA) is 153 Å². The molecule has 0 radical (unpaired) electrons. The van der Waals surface area contributed by atoms with Gasteiger partial charge in [0.15, 0.2) is 0 Å². The molecule has 2 atom stereocenters. The standard InChI is InChI=1S/C19H21N5O6S/c1-3-29-17(27)11-6-4-5-7-13(11)21-14(25)9-31-19-24-23-15(30-19)8-12-10(2)20-18(28)22-16(12)26/h4-7,10,12H,3,8-9H2,1-2H3,(H,21,25)(H2,20,22,26,28). The number of carbonyl (C=O) groups excluding carboxylic acids is 4. The molecule has 1 aromatic heterocycles. The van der Waals surface area contributed by atoms with E-state index in [0.29, 0.717) is 5.69 Å². The van der Waals surface area contributed by atoms with Crippen LogP contribution in [0, 0.1) is 5.92 Å². The van der Waals surface area contributed by atoms with Crippen molar-refractivity contribution in [3.8, 4) is 0 Å². The van der Waals surface area contributed by atoms with Gasteiger partial charge in [-0.3, -0.25) is 14.9 Å². The Hall–Kier alpha value is -3.41. The van der Waals surface area contributed by atoms with E-state index < -0.39 is 23.8 Å². The van der Waals surface area contributed by atoms with E-state index in [9.17, 15) is 19.2 Å². The molecule has 31 heavy (non-hydrogen) atoms. The third kappa shape index (κ3) is 5.81. The van der Waals surface area contributed by atoms with E-state index in [1.807, 2.05) is 0 Å². The Kier molecular flexibility index (Phi) is 7.23. The van der Waals surface area contributed by atoms with Crippen LogP contribution >= 0.6 is 11.8 Å².